The van der Waals surface area contributed by atoms with Gasteiger partial charge in [0.05, 0.1) is 26.8 Å². The maximum atomic E-state index is 13.2. The van der Waals surface area contributed by atoms with Crippen LogP contribution in [0.1, 0.15) is 24.0 Å². The molecule has 0 unspecified atom stereocenters. The van der Waals surface area contributed by atoms with Gasteiger partial charge in [-0.05, 0) is 47.7 Å². The van der Waals surface area contributed by atoms with Gasteiger partial charge in [-0.1, -0.05) is 12.1 Å². The number of thiophene rings is 1. The monoisotopic (exact) mass is 672 g/mol. The number of carbonyl (C=O) groups excluding carboxylic acids is 3. The van der Waals surface area contributed by atoms with Crippen molar-refractivity contribution in [1.82, 2.24) is 20.3 Å². The maximum Gasteiger partial charge on any atom is 0.258 e. The van der Waals surface area contributed by atoms with Crippen LogP contribution in [0.5, 0.6) is 23.0 Å². The van der Waals surface area contributed by atoms with Gasteiger partial charge in [-0.2, -0.15) is 0 Å². The topological polar surface area (TPSA) is 162 Å². The van der Waals surface area contributed by atoms with Crippen LogP contribution < -0.4 is 34.3 Å². The zero-order chi connectivity index (χ0) is 32.7. The number of amides is 3. The Labute approximate surface area is 271 Å². The Morgan fingerprint density at radius 2 is 1.89 bits per heavy atom. The van der Waals surface area contributed by atoms with Crippen molar-refractivity contribution in [2.24, 2.45) is 0 Å². The van der Waals surface area contributed by atoms with E-state index in [0.717, 1.165) is 22.5 Å². The fourth-order valence-corrected chi connectivity index (χ4v) is 7.25. The average molecular weight is 673 g/mol. The number of likely N-dealkylation sites (tertiary alicyclic amines) is 1. The highest BCUT2D eigenvalue weighted by Crippen LogP contribution is 2.30. The van der Waals surface area contributed by atoms with Crippen LogP contribution in [0.3, 0.4) is 0 Å². The molecule has 15 heteroatoms. The predicted molar refractivity (Wildman–Crippen MR) is 169 cm³/mol. The standard InChI is InChI=1S/C31H36N4O9S2/c1-41-25-9-5-20-6-10-28(36)32-16-21-7-8-22(15-26(21)42-2)44-24-11-12-35(18-23(24)34-29(37)19-43-27(25)14-20)30(38)17-33-46(39,40)31-4-3-13-45-31/h3-5,7-9,13-15,23-24,33H,6,10-12,16-19H2,1-2H3,(H,32,36)(H,34,37)/t23-,24+/m1/s1. The lowest BCUT2D eigenvalue weighted by Gasteiger charge is -2.39. The summed E-state index contributed by atoms with van der Waals surface area (Å²) in [5, 5.41) is 7.50. The average Bonchev–Trinajstić information content (AvgIpc) is 3.61. The van der Waals surface area contributed by atoms with Gasteiger partial charge in [-0.25, -0.2) is 13.1 Å². The highest BCUT2D eigenvalue weighted by Gasteiger charge is 2.35. The van der Waals surface area contributed by atoms with E-state index in [0.29, 0.717) is 35.8 Å². The Hall–Kier alpha value is -4.34. The quantitative estimate of drug-likeness (QED) is 0.355. The van der Waals surface area contributed by atoms with Crippen LogP contribution in [-0.4, -0.2) is 83.6 Å². The number of nitrogens with zero attached hydrogens (tertiary/aromatic N) is 1. The van der Waals surface area contributed by atoms with Crippen molar-refractivity contribution in [1.29, 1.82) is 0 Å². The first-order valence-electron chi connectivity index (χ1n) is 14.7. The number of nitrogens with one attached hydrogen (secondary N) is 3. The van der Waals surface area contributed by atoms with Crippen molar-refractivity contribution in [2.45, 2.75) is 42.2 Å². The Kier molecular flexibility index (Phi) is 10.7. The molecule has 0 aliphatic carbocycles. The molecule has 4 bridgehead atoms. The molecule has 0 spiro atoms. The van der Waals surface area contributed by atoms with E-state index >= 15 is 0 Å². The van der Waals surface area contributed by atoms with Gasteiger partial charge < -0.3 is 34.5 Å². The zero-order valence-corrected chi connectivity index (χ0v) is 27.1. The molecule has 3 N–H and O–H groups in total. The molecule has 13 nitrogen and oxygen atoms in total. The van der Waals surface area contributed by atoms with E-state index in [-0.39, 0.29) is 42.8 Å². The van der Waals surface area contributed by atoms with E-state index in [1.807, 2.05) is 6.07 Å². The molecule has 2 aromatic carbocycles. The Balaban J connectivity index is 1.36. The largest absolute Gasteiger partial charge is 0.496 e. The van der Waals surface area contributed by atoms with E-state index < -0.39 is 40.5 Å². The van der Waals surface area contributed by atoms with E-state index in [9.17, 15) is 22.8 Å². The molecule has 246 valence electrons. The summed E-state index contributed by atoms with van der Waals surface area (Å²) in [7, 11) is -0.806. The van der Waals surface area contributed by atoms with Crippen LogP contribution in [0.4, 0.5) is 0 Å². The summed E-state index contributed by atoms with van der Waals surface area (Å²) in [6.45, 7) is -0.162. The third-order valence-corrected chi connectivity index (χ3v) is 10.5. The van der Waals surface area contributed by atoms with E-state index in [2.05, 4.69) is 15.4 Å². The van der Waals surface area contributed by atoms with Crippen molar-refractivity contribution >= 4 is 39.1 Å². The van der Waals surface area contributed by atoms with Crippen LogP contribution in [0.15, 0.2) is 58.1 Å². The molecule has 3 aromatic rings. The molecule has 1 fully saturated rings. The summed E-state index contributed by atoms with van der Waals surface area (Å²) >= 11 is 1.06. The lowest BCUT2D eigenvalue weighted by molar-refractivity contribution is -0.134. The van der Waals surface area contributed by atoms with Gasteiger partial charge in [-0.3, -0.25) is 14.4 Å². The molecule has 3 amide bonds. The highest BCUT2D eigenvalue weighted by molar-refractivity contribution is 7.91. The summed E-state index contributed by atoms with van der Waals surface area (Å²) in [6.07, 6.45) is 0.500. The van der Waals surface area contributed by atoms with Crippen molar-refractivity contribution in [3.05, 3.63) is 65.0 Å². The lowest BCUT2D eigenvalue weighted by atomic mass is 10.0. The van der Waals surface area contributed by atoms with Crippen LogP contribution in [0, 0.1) is 0 Å². The summed E-state index contributed by atoms with van der Waals surface area (Å²) in [4.78, 5) is 40.4. The van der Waals surface area contributed by atoms with E-state index in [4.69, 9.17) is 18.9 Å². The molecule has 46 heavy (non-hydrogen) atoms. The maximum absolute atomic E-state index is 13.2. The highest BCUT2D eigenvalue weighted by atomic mass is 32.2. The Bertz CT molecular complexity index is 1660. The Morgan fingerprint density at radius 1 is 1.07 bits per heavy atom. The molecule has 4 heterocycles. The minimum atomic E-state index is -3.83. The summed E-state index contributed by atoms with van der Waals surface area (Å²) in [5.74, 6) is 0.757. The van der Waals surface area contributed by atoms with Crippen LogP contribution in [-0.2, 0) is 37.4 Å². The molecular formula is C31H36N4O9S2. The minimum Gasteiger partial charge on any atom is -0.496 e. The number of hydrogen-bond acceptors (Lipinski definition) is 10. The molecule has 2 atom stereocenters. The van der Waals surface area contributed by atoms with Gasteiger partial charge in [0.25, 0.3) is 15.9 Å². The molecule has 0 saturated carbocycles. The van der Waals surface area contributed by atoms with E-state index in [1.165, 1.54) is 25.2 Å². The zero-order valence-electron chi connectivity index (χ0n) is 25.4. The lowest BCUT2D eigenvalue weighted by Crippen LogP contribution is -2.59. The first-order chi connectivity index (χ1) is 22.1. The molecule has 3 aliphatic heterocycles. The second-order valence-corrected chi connectivity index (χ2v) is 13.7. The van der Waals surface area contributed by atoms with Gasteiger partial charge in [-0.15, -0.1) is 11.3 Å². The van der Waals surface area contributed by atoms with Gasteiger partial charge >= 0.3 is 0 Å². The number of sulfonamides is 1. The van der Waals surface area contributed by atoms with Crippen LogP contribution in [0.25, 0.3) is 0 Å². The number of piperidine rings is 1. The second-order valence-electron chi connectivity index (χ2n) is 10.7. The number of ether oxygens (including phenoxy) is 4. The van der Waals surface area contributed by atoms with Gasteiger partial charge in [0.2, 0.25) is 11.8 Å². The molecule has 3 aliphatic rings. The molecule has 1 aromatic heterocycles. The first-order valence-corrected chi connectivity index (χ1v) is 17.0. The predicted octanol–water partition coefficient (Wildman–Crippen LogP) is 1.85. The Morgan fingerprint density at radius 3 is 2.65 bits per heavy atom. The summed E-state index contributed by atoms with van der Waals surface area (Å²) < 4.78 is 50.7. The SMILES string of the molecule is COc1cc2ccc1CNC(=O)CCc1ccc(OC)c(c1)OCC(=O)N[C@@H]1CN(C(=O)CNS(=O)(=O)c3cccs3)CC[C@@H]1O2. The summed E-state index contributed by atoms with van der Waals surface area (Å²) in [6, 6.07) is 13.0. The summed E-state index contributed by atoms with van der Waals surface area (Å²) in [5.41, 5.74) is 1.59. The van der Waals surface area contributed by atoms with Crippen molar-refractivity contribution in [3.8, 4) is 23.0 Å². The van der Waals surface area contributed by atoms with Crippen molar-refractivity contribution < 1.29 is 41.7 Å². The fourth-order valence-electron chi connectivity index (χ4n) is 5.23. The third-order valence-electron chi connectivity index (χ3n) is 7.67. The molecular weight excluding hydrogens is 636 g/mol. The fraction of sp³-hybridized carbons (Fsp3) is 0.387. The van der Waals surface area contributed by atoms with Gasteiger partial charge in [0.15, 0.2) is 18.1 Å². The minimum absolute atomic E-state index is 0.0794. The molecule has 0 radical (unpaired) electrons. The number of methoxy groups -OCH3 is 2. The normalized spacial score (nSPS) is 19.2. The number of benzene rings is 2. The van der Waals surface area contributed by atoms with Gasteiger partial charge in [0, 0.05) is 44.1 Å². The smallest absolute Gasteiger partial charge is 0.258 e. The molecule has 1 saturated heterocycles. The number of rotatable bonds is 6. The number of aryl methyl sites for hydroxylation is 1. The van der Waals surface area contributed by atoms with Crippen molar-refractivity contribution in [2.75, 3.05) is 40.5 Å². The third kappa shape index (κ3) is 8.27. The number of hydrogen-bond donors (Lipinski definition) is 3. The van der Waals surface area contributed by atoms with Crippen LogP contribution in [0.2, 0.25) is 0 Å². The first kappa shape index (κ1) is 33.0. The number of carbonyl (C=O) groups is 3. The van der Waals surface area contributed by atoms with Crippen molar-refractivity contribution in [3.63, 3.8) is 0 Å². The van der Waals surface area contributed by atoms with Gasteiger partial charge in [0.1, 0.15) is 21.8 Å². The van der Waals surface area contributed by atoms with Crippen LogP contribution >= 0.6 is 11.3 Å². The second kappa shape index (κ2) is 14.8. The number of fused-ring (bicyclic) bond motifs is 9. The molecule has 6 rings (SSSR count). The van der Waals surface area contributed by atoms with E-state index in [1.54, 1.807) is 41.8 Å².